The first-order valence-corrected chi connectivity index (χ1v) is 7.50. The van der Waals surface area contributed by atoms with Crippen LogP contribution in [-0.4, -0.2) is 24.4 Å². The predicted molar refractivity (Wildman–Crippen MR) is 82.8 cm³/mol. The van der Waals surface area contributed by atoms with E-state index >= 15 is 0 Å². The Morgan fingerprint density at radius 3 is 2.14 bits per heavy atom. The summed E-state index contributed by atoms with van der Waals surface area (Å²) >= 11 is 0. The Morgan fingerprint density at radius 2 is 1.68 bits per heavy atom. The minimum atomic E-state index is -3.15. The first-order valence-electron chi connectivity index (χ1n) is 7.50. The second kappa shape index (κ2) is 5.50. The summed E-state index contributed by atoms with van der Waals surface area (Å²) in [5.74, 6) is 0.143. The molecule has 0 bridgehead atoms. The molecular formula is C16H23BF2O3. The molecule has 2 rings (SSSR count). The molecule has 22 heavy (non-hydrogen) atoms. The zero-order valence-corrected chi connectivity index (χ0v) is 14.0. The van der Waals surface area contributed by atoms with E-state index in [2.05, 4.69) is 0 Å². The summed E-state index contributed by atoms with van der Waals surface area (Å²) in [4.78, 5) is 0. The van der Waals surface area contributed by atoms with Crippen molar-refractivity contribution in [2.45, 2.75) is 65.3 Å². The molecule has 1 aromatic carbocycles. The van der Waals surface area contributed by atoms with Gasteiger partial charge in [-0.05, 0) is 57.8 Å². The van der Waals surface area contributed by atoms with Gasteiger partial charge >= 0.3 is 13.2 Å². The lowest BCUT2D eigenvalue weighted by atomic mass is 9.76. The molecule has 1 saturated heterocycles. The number of benzene rings is 1. The quantitative estimate of drug-likeness (QED) is 0.794. The molecule has 1 aromatic rings. The molecule has 0 amide bonds. The van der Waals surface area contributed by atoms with Crippen molar-refractivity contribution in [3.8, 4) is 5.75 Å². The molecular weight excluding hydrogens is 289 g/mol. The van der Waals surface area contributed by atoms with Crippen molar-refractivity contribution in [3.05, 3.63) is 23.8 Å². The van der Waals surface area contributed by atoms with Crippen LogP contribution in [0.25, 0.3) is 0 Å². The second-order valence-electron chi connectivity index (χ2n) is 6.70. The highest BCUT2D eigenvalue weighted by Crippen LogP contribution is 2.37. The number of alkyl halides is 2. The molecule has 1 fully saturated rings. The maximum Gasteiger partial charge on any atom is 0.495 e. The van der Waals surface area contributed by atoms with Crippen molar-refractivity contribution >= 4 is 12.6 Å². The lowest BCUT2D eigenvalue weighted by Gasteiger charge is -2.32. The number of aryl methyl sites for hydroxylation is 1. The van der Waals surface area contributed by atoms with Crippen molar-refractivity contribution in [3.63, 3.8) is 0 Å². The van der Waals surface area contributed by atoms with E-state index in [9.17, 15) is 8.78 Å². The molecule has 0 radical (unpaired) electrons. The van der Waals surface area contributed by atoms with Crippen LogP contribution in [0.5, 0.6) is 5.75 Å². The lowest BCUT2D eigenvalue weighted by molar-refractivity contribution is -0.177. The molecule has 0 atom stereocenters. The van der Waals surface area contributed by atoms with Gasteiger partial charge < -0.3 is 14.0 Å². The third-order valence-electron chi connectivity index (χ3n) is 4.43. The van der Waals surface area contributed by atoms with Crippen LogP contribution in [0.2, 0.25) is 0 Å². The Morgan fingerprint density at radius 1 is 1.14 bits per heavy atom. The summed E-state index contributed by atoms with van der Waals surface area (Å²) in [6.45, 7) is 11.1. The first-order chi connectivity index (χ1) is 9.97. The van der Waals surface area contributed by atoms with Crippen LogP contribution in [0.3, 0.4) is 0 Å². The van der Waals surface area contributed by atoms with E-state index in [-0.39, 0.29) is 12.2 Å². The standard InChI is InChI=1S/C16H23BF2O3/c1-7-16(18,19)20-12-8-9-13(11(2)10-12)17-21-14(3,4)15(5,6)22-17/h8-10H,7H2,1-6H3. The fourth-order valence-electron chi connectivity index (χ4n) is 2.19. The van der Waals surface area contributed by atoms with E-state index < -0.39 is 24.4 Å². The highest BCUT2D eigenvalue weighted by molar-refractivity contribution is 6.62. The van der Waals surface area contributed by atoms with Gasteiger partial charge in [0, 0.05) is 6.42 Å². The van der Waals surface area contributed by atoms with Gasteiger partial charge in [-0.2, -0.15) is 8.78 Å². The molecule has 0 aromatic heterocycles. The van der Waals surface area contributed by atoms with Gasteiger partial charge in [-0.1, -0.05) is 13.0 Å². The topological polar surface area (TPSA) is 27.7 Å². The fraction of sp³-hybridized carbons (Fsp3) is 0.625. The van der Waals surface area contributed by atoms with Gasteiger partial charge in [0.2, 0.25) is 0 Å². The summed E-state index contributed by atoms with van der Waals surface area (Å²) in [5, 5.41) is 0. The zero-order valence-electron chi connectivity index (χ0n) is 14.0. The largest absolute Gasteiger partial charge is 0.495 e. The summed E-state index contributed by atoms with van der Waals surface area (Å²) < 4.78 is 43.3. The van der Waals surface area contributed by atoms with Gasteiger partial charge in [0.25, 0.3) is 0 Å². The highest BCUT2D eigenvalue weighted by atomic mass is 19.3. The van der Waals surface area contributed by atoms with Crippen LogP contribution >= 0.6 is 0 Å². The van der Waals surface area contributed by atoms with Crippen molar-refractivity contribution in [2.75, 3.05) is 0 Å². The van der Waals surface area contributed by atoms with Crippen molar-refractivity contribution < 1.29 is 22.8 Å². The molecule has 0 spiro atoms. The zero-order chi connectivity index (χ0) is 16.8. The van der Waals surface area contributed by atoms with Crippen LogP contribution < -0.4 is 10.2 Å². The van der Waals surface area contributed by atoms with Gasteiger partial charge in [0.05, 0.1) is 11.2 Å². The van der Waals surface area contributed by atoms with Crippen molar-refractivity contribution in [2.24, 2.45) is 0 Å². The number of halogens is 2. The van der Waals surface area contributed by atoms with E-state index in [1.165, 1.54) is 13.0 Å². The average molecular weight is 312 g/mol. The van der Waals surface area contributed by atoms with Gasteiger partial charge in [0.15, 0.2) is 0 Å². The summed E-state index contributed by atoms with van der Waals surface area (Å²) in [7, 11) is -0.509. The molecule has 122 valence electrons. The summed E-state index contributed by atoms with van der Waals surface area (Å²) in [6.07, 6.45) is -3.52. The Bertz CT molecular complexity index is 542. The highest BCUT2D eigenvalue weighted by Gasteiger charge is 2.52. The van der Waals surface area contributed by atoms with E-state index in [1.807, 2.05) is 34.6 Å². The molecule has 0 N–H and O–H groups in total. The van der Waals surface area contributed by atoms with Gasteiger partial charge in [-0.3, -0.25) is 0 Å². The van der Waals surface area contributed by atoms with Gasteiger partial charge in [-0.15, -0.1) is 0 Å². The van der Waals surface area contributed by atoms with Crippen molar-refractivity contribution in [1.82, 2.24) is 0 Å². The maximum absolute atomic E-state index is 13.3. The Hall–Kier alpha value is -1.14. The minimum Gasteiger partial charge on any atom is -0.433 e. The second-order valence-corrected chi connectivity index (χ2v) is 6.70. The average Bonchev–Trinajstić information content (AvgIpc) is 2.57. The predicted octanol–water partition coefficient (Wildman–Crippen LogP) is 3.68. The fourth-order valence-corrected chi connectivity index (χ4v) is 2.19. The molecule has 6 heteroatoms. The maximum atomic E-state index is 13.3. The number of ether oxygens (including phenoxy) is 1. The third-order valence-corrected chi connectivity index (χ3v) is 4.43. The van der Waals surface area contributed by atoms with Crippen LogP contribution in [0.4, 0.5) is 8.78 Å². The monoisotopic (exact) mass is 312 g/mol. The number of hydrogen-bond donors (Lipinski definition) is 0. The molecule has 0 saturated carbocycles. The van der Waals surface area contributed by atoms with Crippen molar-refractivity contribution in [1.29, 1.82) is 0 Å². The third kappa shape index (κ3) is 3.28. The number of hydrogen-bond acceptors (Lipinski definition) is 3. The smallest absolute Gasteiger partial charge is 0.433 e. The molecule has 1 heterocycles. The SMILES string of the molecule is CCC(F)(F)Oc1ccc(B2OC(C)(C)C(C)(C)O2)c(C)c1. The Balaban J connectivity index is 2.21. The molecule has 0 aliphatic carbocycles. The van der Waals surface area contributed by atoms with E-state index in [0.717, 1.165) is 11.0 Å². The Kier molecular flexibility index (Phi) is 4.30. The molecule has 3 nitrogen and oxygen atoms in total. The first kappa shape index (κ1) is 17.2. The molecule has 0 unspecified atom stereocenters. The minimum absolute atomic E-state index is 0.143. The Labute approximate surface area is 131 Å². The van der Waals surface area contributed by atoms with E-state index in [1.54, 1.807) is 12.1 Å². The van der Waals surface area contributed by atoms with Gasteiger partial charge in [0.1, 0.15) is 5.75 Å². The lowest BCUT2D eigenvalue weighted by Crippen LogP contribution is -2.41. The molecule has 1 aliphatic rings. The molecule has 1 aliphatic heterocycles. The normalized spacial score (nSPS) is 20.3. The summed E-state index contributed by atoms with van der Waals surface area (Å²) in [5.41, 5.74) is 0.747. The van der Waals surface area contributed by atoms with E-state index in [0.29, 0.717) is 0 Å². The van der Waals surface area contributed by atoms with Gasteiger partial charge in [-0.25, -0.2) is 0 Å². The van der Waals surface area contributed by atoms with Crippen LogP contribution in [-0.2, 0) is 9.31 Å². The van der Waals surface area contributed by atoms with Crippen LogP contribution in [0.1, 0.15) is 46.6 Å². The van der Waals surface area contributed by atoms with Crippen LogP contribution in [0, 0.1) is 6.92 Å². The van der Waals surface area contributed by atoms with Crippen LogP contribution in [0.15, 0.2) is 18.2 Å². The summed E-state index contributed by atoms with van der Waals surface area (Å²) in [6, 6.07) is 4.83. The van der Waals surface area contributed by atoms with E-state index in [4.69, 9.17) is 14.0 Å². The number of rotatable bonds is 4.